The molecular formula is C54H47Cl3N8O6. The van der Waals surface area contributed by atoms with Crippen LogP contribution in [-0.2, 0) is 22.4 Å². The fraction of sp³-hybridized carbons (Fsp3) is 0.185. The van der Waals surface area contributed by atoms with Gasteiger partial charge in [0.2, 0.25) is 17.7 Å². The molecule has 0 radical (unpaired) electrons. The Bertz CT molecular complexity index is 3270. The van der Waals surface area contributed by atoms with Crippen LogP contribution in [0.15, 0.2) is 134 Å². The van der Waals surface area contributed by atoms with Crippen molar-refractivity contribution in [2.45, 2.75) is 51.4 Å². The minimum absolute atomic E-state index is 0.0839. The third kappa shape index (κ3) is 12.6. The molecule has 0 atom stereocenters. The number of anilines is 4. The number of nitrogens with two attached hydrogens (primary N) is 2. The first kappa shape index (κ1) is 49.8. The number of benzene rings is 4. The molecule has 6 heterocycles. The molecule has 17 heteroatoms. The summed E-state index contributed by atoms with van der Waals surface area (Å²) in [6.07, 6.45) is 10.9. The molecule has 2 amide bonds. The van der Waals surface area contributed by atoms with E-state index in [1.165, 1.54) is 12.4 Å². The molecule has 0 aliphatic carbocycles. The Kier molecular flexibility index (Phi) is 16.0. The summed E-state index contributed by atoms with van der Waals surface area (Å²) in [7, 11) is 0. The molecule has 2 aliphatic rings. The van der Waals surface area contributed by atoms with Gasteiger partial charge in [-0.15, -0.1) is 0 Å². The number of ether oxygens (including phenoxy) is 1. The molecule has 4 aromatic carbocycles. The van der Waals surface area contributed by atoms with Crippen LogP contribution in [0.5, 0.6) is 17.4 Å². The molecule has 14 nitrogen and oxygen atoms in total. The maximum absolute atomic E-state index is 13.1. The van der Waals surface area contributed by atoms with Gasteiger partial charge in [-0.05, 0) is 120 Å². The number of fused-ring (bicyclic) bond motifs is 2. The summed E-state index contributed by atoms with van der Waals surface area (Å²) in [5, 5.41) is 13.8. The van der Waals surface area contributed by atoms with E-state index in [0.29, 0.717) is 70.7 Å². The average molecular weight is 1010 g/mol. The zero-order valence-electron chi connectivity index (χ0n) is 38.2. The Labute approximate surface area is 424 Å². The van der Waals surface area contributed by atoms with Crippen LogP contribution in [-0.4, -0.2) is 61.5 Å². The van der Waals surface area contributed by atoms with E-state index in [1.54, 1.807) is 70.7 Å². The van der Waals surface area contributed by atoms with Crippen molar-refractivity contribution in [2.75, 3.05) is 34.4 Å². The Morgan fingerprint density at radius 1 is 0.592 bits per heavy atom. The van der Waals surface area contributed by atoms with Crippen molar-refractivity contribution in [1.29, 1.82) is 0 Å². The summed E-state index contributed by atoms with van der Waals surface area (Å²) in [5.41, 5.74) is 16.2. The first-order chi connectivity index (χ1) is 34.3. The van der Waals surface area contributed by atoms with Crippen molar-refractivity contribution in [3.05, 3.63) is 171 Å². The third-order valence-corrected chi connectivity index (χ3v) is 12.6. The van der Waals surface area contributed by atoms with E-state index in [4.69, 9.17) is 56.1 Å². The SMILES string of the molecule is Nc1nccc2cc(CCC(=O)c3cc(Cl)cnc3Cl)ccc12.Nc1nccc2cc(CCC(=O)c3cc(Cl)cnc3Oc3ccc(N4CCCC4=O)cc3)ccc12.O=C1CCCN1c1ccc(O)cc1. The van der Waals surface area contributed by atoms with Gasteiger partial charge in [0.25, 0.3) is 0 Å². The number of carbonyl (C=O) groups is 4. The molecule has 0 unspecified atom stereocenters. The molecule has 2 saturated heterocycles. The summed E-state index contributed by atoms with van der Waals surface area (Å²) in [6.45, 7) is 1.52. The highest BCUT2D eigenvalue weighted by Gasteiger charge is 2.23. The number of halogens is 3. The number of amides is 2. The highest BCUT2D eigenvalue weighted by molar-refractivity contribution is 6.34. The maximum atomic E-state index is 13.1. The monoisotopic (exact) mass is 1010 g/mol. The van der Waals surface area contributed by atoms with Crippen LogP contribution in [0.2, 0.25) is 15.2 Å². The van der Waals surface area contributed by atoms with E-state index in [-0.39, 0.29) is 46.6 Å². The average Bonchev–Trinajstić information content (AvgIpc) is 4.02. The Morgan fingerprint density at radius 3 is 1.58 bits per heavy atom. The van der Waals surface area contributed by atoms with Crippen LogP contribution >= 0.6 is 34.8 Å². The summed E-state index contributed by atoms with van der Waals surface area (Å²) in [6, 6.07) is 32.6. The molecule has 2 fully saturated rings. The summed E-state index contributed by atoms with van der Waals surface area (Å²) in [4.78, 5) is 68.5. The standard InChI is InChI=1S/C27H23ClN4O3.C17H13Cl2N3O.C10H11NO2/c28-19-15-23(24(33)10-4-17-3-9-22-18(14-17)11-12-30-26(22)29)27(31-16-19)35-21-7-5-20(6-8-21)32-13-1-2-25(32)34;18-12-8-14(16(19)22-9-12)15(23)4-2-10-1-3-13-11(7-10)5-6-21-17(13)20;12-9-5-3-8(4-6-9)11-7-1-2-10(11)13/h3,5-9,11-12,14-16H,1-2,4,10,13H2,(H2,29,30);1,3,5-9H,2,4H2,(H2,20,21);3-6,12H,1-2,7H2. The van der Waals surface area contributed by atoms with Crippen molar-refractivity contribution in [3.8, 4) is 17.4 Å². The number of aromatic hydroxyl groups is 1. The molecule has 5 N–H and O–H groups in total. The number of ketones is 2. The van der Waals surface area contributed by atoms with Crippen LogP contribution < -0.4 is 26.0 Å². The van der Waals surface area contributed by atoms with Gasteiger partial charge < -0.3 is 31.1 Å². The zero-order valence-corrected chi connectivity index (χ0v) is 40.5. The Hall–Kier alpha value is -7.65. The first-order valence-electron chi connectivity index (χ1n) is 22.8. The van der Waals surface area contributed by atoms with Crippen LogP contribution in [0.25, 0.3) is 21.5 Å². The predicted molar refractivity (Wildman–Crippen MR) is 279 cm³/mol. The molecule has 0 saturated carbocycles. The molecule has 0 bridgehead atoms. The van der Waals surface area contributed by atoms with Crippen LogP contribution in [0, 0.1) is 0 Å². The van der Waals surface area contributed by atoms with Gasteiger partial charge in [0.05, 0.1) is 21.2 Å². The smallest absolute Gasteiger partial charge is 0.230 e. The minimum Gasteiger partial charge on any atom is -0.508 e. The second-order valence-electron chi connectivity index (χ2n) is 16.8. The van der Waals surface area contributed by atoms with Gasteiger partial charge in [0.1, 0.15) is 28.3 Å². The fourth-order valence-electron chi connectivity index (χ4n) is 8.20. The highest BCUT2D eigenvalue weighted by Crippen LogP contribution is 2.31. The molecule has 0 spiro atoms. The first-order valence-corrected chi connectivity index (χ1v) is 23.9. The van der Waals surface area contributed by atoms with Gasteiger partial charge in [-0.2, -0.15) is 0 Å². The van der Waals surface area contributed by atoms with Gasteiger partial charge in [-0.1, -0.05) is 71.2 Å². The lowest BCUT2D eigenvalue weighted by Gasteiger charge is -2.16. The lowest BCUT2D eigenvalue weighted by atomic mass is 10.0. The molecule has 2 aliphatic heterocycles. The quantitative estimate of drug-likeness (QED) is 0.0772. The zero-order chi connectivity index (χ0) is 50.0. The summed E-state index contributed by atoms with van der Waals surface area (Å²) >= 11 is 18.0. The van der Waals surface area contributed by atoms with Gasteiger partial charge in [0, 0.05) is 85.7 Å². The number of Topliss-reactive ketones (excluding diaryl/α,β-unsaturated/α-hetero) is 2. The van der Waals surface area contributed by atoms with E-state index >= 15 is 0 Å². The number of carbonyl (C=O) groups excluding carboxylic acids is 4. The Balaban J connectivity index is 0.000000160. The van der Waals surface area contributed by atoms with Crippen LogP contribution in [0.3, 0.4) is 0 Å². The third-order valence-electron chi connectivity index (χ3n) is 11.9. The molecule has 360 valence electrons. The number of phenols is 1. The number of nitrogen functional groups attached to an aromatic ring is 2. The lowest BCUT2D eigenvalue weighted by molar-refractivity contribution is -0.117. The fourth-order valence-corrected chi connectivity index (χ4v) is 8.73. The van der Waals surface area contributed by atoms with Gasteiger partial charge in [0.15, 0.2) is 11.6 Å². The van der Waals surface area contributed by atoms with Crippen molar-refractivity contribution in [1.82, 2.24) is 19.9 Å². The molecule has 10 rings (SSSR count). The van der Waals surface area contributed by atoms with E-state index in [9.17, 15) is 19.2 Å². The number of aryl methyl sites for hydroxylation is 2. The topological polar surface area (TPSA) is 208 Å². The van der Waals surface area contributed by atoms with Gasteiger partial charge >= 0.3 is 0 Å². The number of nitrogens with zero attached hydrogens (tertiary/aromatic N) is 6. The Morgan fingerprint density at radius 2 is 1.07 bits per heavy atom. The van der Waals surface area contributed by atoms with Crippen molar-refractivity contribution < 1.29 is 29.0 Å². The normalized spacial score (nSPS) is 13.2. The van der Waals surface area contributed by atoms with E-state index in [0.717, 1.165) is 70.0 Å². The van der Waals surface area contributed by atoms with Crippen molar-refractivity contribution in [2.24, 2.45) is 0 Å². The molecular weight excluding hydrogens is 963 g/mol. The lowest BCUT2D eigenvalue weighted by Crippen LogP contribution is -2.23. The molecule has 71 heavy (non-hydrogen) atoms. The van der Waals surface area contributed by atoms with Gasteiger partial charge in [-0.3, -0.25) is 19.2 Å². The number of aromatic nitrogens is 4. The number of pyridine rings is 4. The van der Waals surface area contributed by atoms with Crippen LogP contribution in [0.1, 0.15) is 70.4 Å². The van der Waals surface area contributed by atoms with E-state index < -0.39 is 0 Å². The second kappa shape index (κ2) is 22.8. The highest BCUT2D eigenvalue weighted by atomic mass is 35.5. The summed E-state index contributed by atoms with van der Waals surface area (Å²) in [5.74, 6) is 2.02. The maximum Gasteiger partial charge on any atom is 0.230 e. The molecule has 4 aromatic heterocycles. The second-order valence-corrected chi connectivity index (χ2v) is 18.0. The molecule has 8 aromatic rings. The number of hydrogen-bond donors (Lipinski definition) is 3. The number of hydrogen-bond acceptors (Lipinski definition) is 12. The minimum atomic E-state index is -0.122. The number of phenolic OH excluding ortho intramolecular Hbond substituents is 1. The van der Waals surface area contributed by atoms with Crippen LogP contribution in [0.4, 0.5) is 23.0 Å². The largest absolute Gasteiger partial charge is 0.508 e. The van der Waals surface area contributed by atoms with Crippen molar-refractivity contribution in [3.63, 3.8) is 0 Å². The predicted octanol–water partition coefficient (Wildman–Crippen LogP) is 11.5. The summed E-state index contributed by atoms with van der Waals surface area (Å²) < 4.78 is 5.94. The number of rotatable bonds is 12. The van der Waals surface area contributed by atoms with Crippen molar-refractivity contribution >= 4 is 103 Å². The van der Waals surface area contributed by atoms with E-state index in [1.807, 2.05) is 60.7 Å². The van der Waals surface area contributed by atoms with Gasteiger partial charge in [-0.25, -0.2) is 19.9 Å². The van der Waals surface area contributed by atoms with E-state index in [2.05, 4.69) is 19.9 Å².